The Bertz CT molecular complexity index is 397. The van der Waals surface area contributed by atoms with Crippen molar-refractivity contribution in [2.45, 2.75) is 25.7 Å². The molecule has 1 fully saturated rings. The quantitative estimate of drug-likeness (QED) is 0.913. The van der Waals surface area contributed by atoms with Crippen LogP contribution >= 0.6 is 15.9 Å². The molecule has 3 heteroatoms. The van der Waals surface area contributed by atoms with Crippen LogP contribution in [0.15, 0.2) is 22.7 Å². The van der Waals surface area contributed by atoms with Crippen molar-refractivity contribution in [2.75, 3.05) is 0 Å². The maximum Gasteiger partial charge on any atom is 0.311 e. The second kappa shape index (κ2) is 3.97. The second-order valence-electron chi connectivity index (χ2n) is 4.16. The SMILES string of the molecule is Cc1cc(C(C(=O)O)C2CC2)ccc1Br. The highest BCUT2D eigenvalue weighted by Gasteiger charge is 2.37. The highest BCUT2D eigenvalue weighted by Crippen LogP contribution is 2.43. The van der Waals surface area contributed by atoms with E-state index in [1.165, 1.54) is 0 Å². The zero-order valence-electron chi connectivity index (χ0n) is 8.53. The topological polar surface area (TPSA) is 37.3 Å². The summed E-state index contributed by atoms with van der Waals surface area (Å²) in [7, 11) is 0. The molecule has 0 amide bonds. The first-order chi connectivity index (χ1) is 7.09. The lowest BCUT2D eigenvalue weighted by Gasteiger charge is -2.12. The average molecular weight is 269 g/mol. The van der Waals surface area contributed by atoms with Gasteiger partial charge in [-0.15, -0.1) is 0 Å². The number of aliphatic carboxylic acids is 1. The minimum atomic E-state index is -0.695. The van der Waals surface area contributed by atoms with Gasteiger partial charge in [0.1, 0.15) is 0 Å². The Morgan fingerprint density at radius 2 is 2.20 bits per heavy atom. The van der Waals surface area contributed by atoms with Crippen molar-refractivity contribution in [3.05, 3.63) is 33.8 Å². The molecule has 0 radical (unpaired) electrons. The van der Waals surface area contributed by atoms with Gasteiger partial charge in [0.25, 0.3) is 0 Å². The molecule has 1 aliphatic rings. The maximum absolute atomic E-state index is 11.2. The van der Waals surface area contributed by atoms with Crippen molar-refractivity contribution in [2.24, 2.45) is 5.92 Å². The first-order valence-electron chi connectivity index (χ1n) is 5.08. The Morgan fingerprint density at radius 3 is 2.67 bits per heavy atom. The van der Waals surface area contributed by atoms with Crippen molar-refractivity contribution < 1.29 is 9.90 Å². The molecule has 0 spiro atoms. The maximum atomic E-state index is 11.2. The van der Waals surface area contributed by atoms with E-state index in [4.69, 9.17) is 0 Å². The molecule has 0 aliphatic heterocycles. The predicted molar refractivity (Wildman–Crippen MR) is 62.0 cm³/mol. The van der Waals surface area contributed by atoms with Crippen LogP contribution in [0.4, 0.5) is 0 Å². The molecular weight excluding hydrogens is 256 g/mol. The van der Waals surface area contributed by atoms with E-state index in [2.05, 4.69) is 15.9 Å². The second-order valence-corrected chi connectivity index (χ2v) is 5.02. The summed E-state index contributed by atoms with van der Waals surface area (Å²) >= 11 is 3.42. The molecule has 2 nitrogen and oxygen atoms in total. The molecule has 1 aromatic carbocycles. The Kier molecular flexibility index (Phi) is 2.83. The molecule has 15 heavy (non-hydrogen) atoms. The molecule has 1 unspecified atom stereocenters. The Morgan fingerprint density at radius 1 is 1.53 bits per heavy atom. The number of hydrogen-bond donors (Lipinski definition) is 1. The fraction of sp³-hybridized carbons (Fsp3) is 0.417. The van der Waals surface area contributed by atoms with Crippen LogP contribution in [-0.2, 0) is 4.79 Å². The van der Waals surface area contributed by atoms with E-state index >= 15 is 0 Å². The monoisotopic (exact) mass is 268 g/mol. The van der Waals surface area contributed by atoms with Gasteiger partial charge >= 0.3 is 5.97 Å². The molecule has 1 saturated carbocycles. The Labute approximate surface area is 97.4 Å². The lowest BCUT2D eigenvalue weighted by atomic mass is 9.93. The number of hydrogen-bond acceptors (Lipinski definition) is 1. The summed E-state index contributed by atoms with van der Waals surface area (Å²) in [6, 6.07) is 5.82. The van der Waals surface area contributed by atoms with Crippen molar-refractivity contribution >= 4 is 21.9 Å². The zero-order chi connectivity index (χ0) is 11.0. The van der Waals surface area contributed by atoms with Crippen molar-refractivity contribution in [1.29, 1.82) is 0 Å². The van der Waals surface area contributed by atoms with Crippen LogP contribution in [0.1, 0.15) is 29.9 Å². The fourth-order valence-electron chi connectivity index (χ4n) is 1.91. The van der Waals surface area contributed by atoms with Gasteiger partial charge in [0.05, 0.1) is 5.92 Å². The van der Waals surface area contributed by atoms with Gasteiger partial charge in [-0.1, -0.05) is 28.1 Å². The highest BCUT2D eigenvalue weighted by atomic mass is 79.9. The molecule has 0 bridgehead atoms. The molecule has 0 aromatic heterocycles. The van der Waals surface area contributed by atoms with E-state index in [0.29, 0.717) is 5.92 Å². The number of halogens is 1. The minimum absolute atomic E-state index is 0.309. The van der Waals surface area contributed by atoms with Crippen molar-refractivity contribution in [3.63, 3.8) is 0 Å². The first kappa shape index (κ1) is 10.7. The summed E-state index contributed by atoms with van der Waals surface area (Å²) in [6.45, 7) is 1.99. The molecule has 0 saturated heterocycles. The number of carbonyl (C=O) groups is 1. The molecule has 80 valence electrons. The van der Waals surface area contributed by atoms with Crippen molar-refractivity contribution in [3.8, 4) is 0 Å². The van der Waals surface area contributed by atoms with Crippen LogP contribution in [-0.4, -0.2) is 11.1 Å². The Balaban J connectivity index is 2.33. The third kappa shape index (κ3) is 2.23. The highest BCUT2D eigenvalue weighted by molar-refractivity contribution is 9.10. The van der Waals surface area contributed by atoms with E-state index in [0.717, 1.165) is 28.4 Å². The molecular formula is C12H13BrO2. The molecule has 1 aliphatic carbocycles. The minimum Gasteiger partial charge on any atom is -0.481 e. The molecule has 1 N–H and O–H groups in total. The fourth-order valence-corrected chi connectivity index (χ4v) is 2.15. The van der Waals surface area contributed by atoms with Crippen LogP contribution in [0.3, 0.4) is 0 Å². The third-order valence-electron chi connectivity index (χ3n) is 2.90. The van der Waals surface area contributed by atoms with Crippen LogP contribution in [0, 0.1) is 12.8 Å². The van der Waals surface area contributed by atoms with E-state index < -0.39 is 5.97 Å². The molecule has 0 heterocycles. The third-order valence-corrected chi connectivity index (χ3v) is 3.79. The van der Waals surface area contributed by atoms with Gasteiger partial charge in [-0.2, -0.15) is 0 Å². The Hall–Kier alpha value is -0.830. The van der Waals surface area contributed by atoms with Gasteiger partial charge in [-0.25, -0.2) is 0 Å². The zero-order valence-corrected chi connectivity index (χ0v) is 10.1. The smallest absolute Gasteiger partial charge is 0.311 e. The summed E-state index contributed by atoms with van der Waals surface area (Å²) in [5.74, 6) is -0.654. The van der Waals surface area contributed by atoms with Crippen LogP contribution in [0.2, 0.25) is 0 Å². The van der Waals surface area contributed by atoms with Gasteiger partial charge in [0, 0.05) is 4.47 Å². The first-order valence-corrected chi connectivity index (χ1v) is 5.87. The summed E-state index contributed by atoms with van der Waals surface area (Å²) in [5, 5.41) is 9.19. The normalized spacial score (nSPS) is 17.5. The lowest BCUT2D eigenvalue weighted by Crippen LogP contribution is -2.13. The predicted octanol–water partition coefficient (Wildman–Crippen LogP) is 3.34. The van der Waals surface area contributed by atoms with Crippen LogP contribution in [0.5, 0.6) is 0 Å². The summed E-state index contributed by atoms with van der Waals surface area (Å²) < 4.78 is 1.03. The molecule has 1 atom stereocenters. The summed E-state index contributed by atoms with van der Waals surface area (Å²) in [6.07, 6.45) is 2.10. The summed E-state index contributed by atoms with van der Waals surface area (Å²) in [4.78, 5) is 11.2. The van der Waals surface area contributed by atoms with Gasteiger partial charge in [-0.3, -0.25) is 4.79 Å². The van der Waals surface area contributed by atoms with Gasteiger partial charge in [0.2, 0.25) is 0 Å². The molecule has 2 rings (SSSR count). The number of carboxylic acid groups (broad SMARTS) is 1. The van der Waals surface area contributed by atoms with Crippen LogP contribution in [0.25, 0.3) is 0 Å². The van der Waals surface area contributed by atoms with Crippen molar-refractivity contribution in [1.82, 2.24) is 0 Å². The van der Waals surface area contributed by atoms with Gasteiger partial charge < -0.3 is 5.11 Å². The summed E-state index contributed by atoms with van der Waals surface area (Å²) in [5.41, 5.74) is 2.03. The lowest BCUT2D eigenvalue weighted by molar-refractivity contribution is -0.139. The van der Waals surface area contributed by atoms with Gasteiger partial charge in [0.15, 0.2) is 0 Å². The van der Waals surface area contributed by atoms with Gasteiger partial charge in [-0.05, 0) is 42.9 Å². The van der Waals surface area contributed by atoms with E-state index in [1.807, 2.05) is 25.1 Å². The molecule has 1 aromatic rings. The van der Waals surface area contributed by atoms with E-state index in [9.17, 15) is 9.90 Å². The van der Waals surface area contributed by atoms with E-state index in [-0.39, 0.29) is 5.92 Å². The standard InChI is InChI=1S/C12H13BrO2/c1-7-6-9(4-5-10(7)13)11(12(14)15)8-2-3-8/h4-6,8,11H,2-3H2,1H3,(H,14,15). The number of carboxylic acids is 1. The number of aryl methyl sites for hydroxylation is 1. The number of benzene rings is 1. The number of rotatable bonds is 3. The largest absolute Gasteiger partial charge is 0.481 e. The van der Waals surface area contributed by atoms with E-state index in [1.54, 1.807) is 0 Å². The average Bonchev–Trinajstić information content (AvgIpc) is 2.95. The van der Waals surface area contributed by atoms with Crippen LogP contribution < -0.4 is 0 Å².